The van der Waals surface area contributed by atoms with Crippen molar-refractivity contribution in [1.29, 1.82) is 0 Å². The van der Waals surface area contributed by atoms with Crippen molar-refractivity contribution in [2.45, 2.75) is 25.9 Å². The van der Waals surface area contributed by atoms with E-state index in [0.29, 0.717) is 6.04 Å². The molecule has 0 saturated carbocycles. The Kier molecular flexibility index (Phi) is 5.36. The molecule has 2 aromatic heterocycles. The molecule has 6 nitrogen and oxygen atoms in total. The summed E-state index contributed by atoms with van der Waals surface area (Å²) in [6.45, 7) is 7.75. The summed E-state index contributed by atoms with van der Waals surface area (Å²) in [5.74, 6) is 0.875. The molecule has 27 heavy (non-hydrogen) atoms. The molecule has 0 spiro atoms. The van der Waals surface area contributed by atoms with Crippen LogP contribution < -0.4 is 0 Å². The van der Waals surface area contributed by atoms with Gasteiger partial charge in [-0.25, -0.2) is 9.97 Å². The highest BCUT2D eigenvalue weighted by molar-refractivity contribution is 5.75. The number of piperazine rings is 1. The minimum atomic E-state index is 0.505. The Morgan fingerprint density at radius 3 is 2.52 bits per heavy atom. The van der Waals surface area contributed by atoms with Crippen LogP contribution in [0.25, 0.3) is 22.8 Å². The maximum Gasteiger partial charge on any atom is 0.156 e. The number of H-pyrrole nitrogens is 1. The lowest BCUT2D eigenvalue weighted by atomic mass is 10.1. The Labute approximate surface area is 160 Å². The molecule has 6 heteroatoms. The van der Waals surface area contributed by atoms with Crippen LogP contribution in [-0.2, 0) is 6.54 Å². The number of likely N-dealkylation sites (N-methyl/N-ethyl adjacent to an activating group) is 1. The summed E-state index contributed by atoms with van der Waals surface area (Å²) in [7, 11) is 2.20. The number of imidazole rings is 2. The van der Waals surface area contributed by atoms with Crippen LogP contribution in [0.1, 0.15) is 13.3 Å². The van der Waals surface area contributed by atoms with E-state index < -0.39 is 0 Å². The molecule has 1 atom stereocenters. The average Bonchev–Trinajstić information content (AvgIpc) is 3.37. The van der Waals surface area contributed by atoms with E-state index in [-0.39, 0.29) is 0 Å². The highest BCUT2D eigenvalue weighted by atomic mass is 15.3. The molecule has 1 saturated heterocycles. The molecule has 0 amide bonds. The zero-order chi connectivity index (χ0) is 18.6. The van der Waals surface area contributed by atoms with Crippen molar-refractivity contribution < 1.29 is 0 Å². The second-order valence-corrected chi connectivity index (χ2v) is 7.30. The van der Waals surface area contributed by atoms with E-state index in [4.69, 9.17) is 4.98 Å². The molecule has 1 aromatic carbocycles. The SMILES string of the molecule is CCC(Cn1cnc(-c2ccccc2)c1-c1ncc[nH]1)N1CCN(C)CC1. The van der Waals surface area contributed by atoms with E-state index in [0.717, 1.165) is 61.9 Å². The molecule has 1 N–H and O–H groups in total. The van der Waals surface area contributed by atoms with Gasteiger partial charge in [0.1, 0.15) is 5.69 Å². The van der Waals surface area contributed by atoms with Gasteiger partial charge in [0.2, 0.25) is 0 Å². The van der Waals surface area contributed by atoms with E-state index in [1.165, 1.54) is 0 Å². The maximum absolute atomic E-state index is 4.76. The first kappa shape index (κ1) is 17.9. The van der Waals surface area contributed by atoms with Gasteiger partial charge in [-0.1, -0.05) is 37.3 Å². The largest absolute Gasteiger partial charge is 0.343 e. The van der Waals surface area contributed by atoms with Crippen molar-refractivity contribution >= 4 is 0 Å². The van der Waals surface area contributed by atoms with Gasteiger partial charge >= 0.3 is 0 Å². The number of benzene rings is 1. The van der Waals surface area contributed by atoms with Gasteiger partial charge in [-0.05, 0) is 13.5 Å². The summed E-state index contributed by atoms with van der Waals surface area (Å²) in [5, 5.41) is 0. The van der Waals surface area contributed by atoms with Gasteiger partial charge in [-0.2, -0.15) is 0 Å². The Morgan fingerprint density at radius 1 is 1.07 bits per heavy atom. The minimum absolute atomic E-state index is 0.505. The summed E-state index contributed by atoms with van der Waals surface area (Å²) in [4.78, 5) is 17.6. The fraction of sp³-hybridized carbons (Fsp3) is 0.429. The van der Waals surface area contributed by atoms with E-state index >= 15 is 0 Å². The third kappa shape index (κ3) is 3.82. The van der Waals surface area contributed by atoms with Gasteiger partial charge in [0.25, 0.3) is 0 Å². The maximum atomic E-state index is 4.76. The Bertz CT molecular complexity index is 831. The molecule has 3 aromatic rings. The van der Waals surface area contributed by atoms with Gasteiger partial charge in [0.15, 0.2) is 5.82 Å². The third-order valence-corrected chi connectivity index (χ3v) is 5.54. The molecule has 1 unspecified atom stereocenters. The quantitative estimate of drug-likeness (QED) is 0.731. The van der Waals surface area contributed by atoms with Gasteiger partial charge in [0, 0.05) is 56.7 Å². The summed E-state index contributed by atoms with van der Waals surface area (Å²) in [5.41, 5.74) is 3.17. The molecule has 4 rings (SSSR count). The first-order chi connectivity index (χ1) is 13.3. The van der Waals surface area contributed by atoms with Crippen molar-refractivity contribution in [2.75, 3.05) is 33.2 Å². The lowest BCUT2D eigenvalue weighted by Crippen LogP contribution is -2.50. The smallest absolute Gasteiger partial charge is 0.156 e. The van der Waals surface area contributed by atoms with Crippen LogP contribution in [0.15, 0.2) is 49.1 Å². The van der Waals surface area contributed by atoms with Crippen molar-refractivity contribution in [3.05, 3.63) is 49.1 Å². The third-order valence-electron chi connectivity index (χ3n) is 5.54. The Morgan fingerprint density at radius 2 is 1.85 bits per heavy atom. The molecular weight excluding hydrogens is 336 g/mol. The summed E-state index contributed by atoms with van der Waals surface area (Å²) in [6, 6.07) is 10.9. The molecule has 1 aliphatic heterocycles. The van der Waals surface area contributed by atoms with Crippen molar-refractivity contribution in [2.24, 2.45) is 0 Å². The van der Waals surface area contributed by atoms with Gasteiger partial charge in [0.05, 0.1) is 12.0 Å². The predicted molar refractivity (Wildman–Crippen MR) is 108 cm³/mol. The molecule has 0 bridgehead atoms. The summed E-state index contributed by atoms with van der Waals surface area (Å²) >= 11 is 0. The van der Waals surface area contributed by atoms with E-state index in [1.807, 2.05) is 18.6 Å². The number of aromatic amines is 1. The van der Waals surface area contributed by atoms with Crippen LogP contribution in [0.2, 0.25) is 0 Å². The zero-order valence-corrected chi connectivity index (χ0v) is 16.2. The molecule has 0 aliphatic carbocycles. The fourth-order valence-electron chi connectivity index (χ4n) is 3.89. The minimum Gasteiger partial charge on any atom is -0.343 e. The van der Waals surface area contributed by atoms with Crippen LogP contribution in [0.5, 0.6) is 0 Å². The number of nitrogens with zero attached hydrogens (tertiary/aromatic N) is 5. The normalized spacial score (nSPS) is 17.3. The number of aromatic nitrogens is 4. The predicted octanol–water partition coefficient (Wildman–Crippen LogP) is 2.97. The molecule has 142 valence electrons. The van der Waals surface area contributed by atoms with E-state index in [2.05, 4.69) is 62.6 Å². The number of rotatable bonds is 6. The van der Waals surface area contributed by atoms with Crippen LogP contribution in [0.4, 0.5) is 0 Å². The van der Waals surface area contributed by atoms with E-state index in [1.54, 1.807) is 6.20 Å². The second kappa shape index (κ2) is 8.06. The lowest BCUT2D eigenvalue weighted by Gasteiger charge is -2.38. The molecular formula is C21H28N6. The first-order valence-corrected chi connectivity index (χ1v) is 9.79. The molecule has 1 aliphatic rings. The Hall–Kier alpha value is -2.44. The fourth-order valence-corrected chi connectivity index (χ4v) is 3.89. The van der Waals surface area contributed by atoms with E-state index in [9.17, 15) is 0 Å². The van der Waals surface area contributed by atoms with Gasteiger partial charge < -0.3 is 14.5 Å². The number of hydrogen-bond acceptors (Lipinski definition) is 4. The summed E-state index contributed by atoms with van der Waals surface area (Å²) in [6.07, 6.45) is 6.78. The molecule has 3 heterocycles. The average molecular weight is 364 g/mol. The topological polar surface area (TPSA) is 53.0 Å². The second-order valence-electron chi connectivity index (χ2n) is 7.30. The highest BCUT2D eigenvalue weighted by Gasteiger charge is 2.24. The van der Waals surface area contributed by atoms with Crippen LogP contribution >= 0.6 is 0 Å². The number of hydrogen-bond donors (Lipinski definition) is 1. The lowest BCUT2D eigenvalue weighted by molar-refractivity contribution is 0.100. The monoisotopic (exact) mass is 364 g/mol. The van der Waals surface area contributed by atoms with Crippen LogP contribution in [0, 0.1) is 0 Å². The molecule has 0 radical (unpaired) electrons. The standard InChI is InChI=1S/C21H28N6/c1-3-18(26-13-11-25(2)12-14-26)15-27-16-24-19(17-7-5-4-6-8-17)20(27)21-22-9-10-23-21/h4-10,16,18H,3,11-15H2,1-2H3,(H,22,23). The zero-order valence-electron chi connectivity index (χ0n) is 16.2. The van der Waals surface area contributed by atoms with Crippen molar-refractivity contribution in [1.82, 2.24) is 29.3 Å². The van der Waals surface area contributed by atoms with Gasteiger partial charge in [-0.15, -0.1) is 0 Å². The van der Waals surface area contributed by atoms with Crippen molar-refractivity contribution in [3.63, 3.8) is 0 Å². The van der Waals surface area contributed by atoms with Crippen LogP contribution in [0.3, 0.4) is 0 Å². The van der Waals surface area contributed by atoms with Crippen LogP contribution in [-0.4, -0.2) is 68.6 Å². The molecule has 1 fully saturated rings. The highest BCUT2D eigenvalue weighted by Crippen LogP contribution is 2.29. The van der Waals surface area contributed by atoms with Gasteiger partial charge in [-0.3, -0.25) is 4.90 Å². The number of nitrogens with one attached hydrogen (secondary N) is 1. The van der Waals surface area contributed by atoms with Crippen molar-refractivity contribution in [3.8, 4) is 22.8 Å². The first-order valence-electron chi connectivity index (χ1n) is 9.79. The Balaban J connectivity index is 1.65. The summed E-state index contributed by atoms with van der Waals surface area (Å²) < 4.78 is 2.27.